The number of anilines is 2. The number of aromatic nitrogens is 1. The molecule has 2 heterocycles. The highest BCUT2D eigenvalue weighted by molar-refractivity contribution is 5.96. The molecule has 3 N–H and O–H groups in total. The first-order valence-corrected chi connectivity index (χ1v) is 11.6. The number of pyridine rings is 1. The summed E-state index contributed by atoms with van der Waals surface area (Å²) in [6.07, 6.45) is 5.61. The Morgan fingerprint density at radius 2 is 1.85 bits per heavy atom. The van der Waals surface area contributed by atoms with Gasteiger partial charge in [0.25, 0.3) is 0 Å². The zero-order chi connectivity index (χ0) is 24.7. The average Bonchev–Trinajstić information content (AvgIpc) is 3.29. The van der Waals surface area contributed by atoms with Gasteiger partial charge in [0.05, 0.1) is 0 Å². The highest BCUT2D eigenvalue weighted by Crippen LogP contribution is 2.22. The van der Waals surface area contributed by atoms with E-state index < -0.39 is 17.7 Å². The number of rotatable bonds is 3. The van der Waals surface area contributed by atoms with Crippen molar-refractivity contribution < 1.29 is 14.3 Å². The first-order valence-electron chi connectivity index (χ1n) is 11.6. The number of likely N-dealkylation sites (tertiary alicyclic amines) is 1. The topological polar surface area (TPSA) is 97.5 Å². The minimum Gasteiger partial charge on any atom is -0.444 e. The van der Waals surface area contributed by atoms with E-state index in [1.165, 1.54) is 10.5 Å². The number of carbonyl (C=O) groups excluding carboxylic acids is 2. The average molecular weight is 463 g/mol. The van der Waals surface area contributed by atoms with E-state index in [0.29, 0.717) is 13.0 Å². The molecule has 7 heteroatoms. The number of nitrogens with two attached hydrogens (primary N) is 1. The third kappa shape index (κ3) is 6.94. The van der Waals surface area contributed by atoms with Crippen LogP contribution in [0.5, 0.6) is 0 Å². The van der Waals surface area contributed by atoms with Crippen molar-refractivity contribution in [3.05, 3.63) is 66.5 Å². The lowest BCUT2D eigenvalue weighted by Crippen LogP contribution is -2.45. The molecule has 1 aliphatic rings. The number of nitrogens with zero attached hydrogens (tertiary/aromatic N) is 2. The number of nitrogens with one attached hydrogen (secondary N) is 1. The fourth-order valence-corrected chi connectivity index (χ4v) is 3.73. The van der Waals surface area contributed by atoms with E-state index in [4.69, 9.17) is 10.5 Å². The van der Waals surface area contributed by atoms with Crippen molar-refractivity contribution in [1.29, 1.82) is 0 Å². The minimum atomic E-state index is -0.559. The summed E-state index contributed by atoms with van der Waals surface area (Å²) in [4.78, 5) is 30.3. The SMILES string of the molecule is CCc1ccc(NC(=O)[C@@H]2CCCN2C(=O)OC(C)(C)C)cc1.Nc1ccc2cnccc2c1. The van der Waals surface area contributed by atoms with Gasteiger partial charge < -0.3 is 15.8 Å². The molecule has 2 amide bonds. The molecule has 0 aliphatic carbocycles. The Balaban J connectivity index is 0.000000243. The Morgan fingerprint density at radius 3 is 2.53 bits per heavy atom. The molecule has 180 valence electrons. The molecule has 0 saturated carbocycles. The molecule has 1 fully saturated rings. The third-order valence-electron chi connectivity index (χ3n) is 5.48. The Morgan fingerprint density at radius 1 is 1.12 bits per heavy atom. The molecule has 1 atom stereocenters. The number of benzene rings is 2. The Bertz CT molecular complexity index is 1120. The number of nitrogen functional groups attached to an aromatic ring is 1. The molecular formula is C27H34N4O3. The number of ether oxygens (including phenoxy) is 1. The highest BCUT2D eigenvalue weighted by atomic mass is 16.6. The van der Waals surface area contributed by atoms with Crippen molar-refractivity contribution in [3.8, 4) is 0 Å². The molecule has 0 spiro atoms. The fraction of sp³-hybridized carbons (Fsp3) is 0.370. The van der Waals surface area contributed by atoms with Gasteiger partial charge in [-0.2, -0.15) is 0 Å². The lowest BCUT2D eigenvalue weighted by atomic mass is 10.1. The van der Waals surface area contributed by atoms with E-state index >= 15 is 0 Å². The van der Waals surface area contributed by atoms with E-state index in [-0.39, 0.29) is 5.91 Å². The van der Waals surface area contributed by atoms with Crippen LogP contribution in [-0.2, 0) is 16.0 Å². The van der Waals surface area contributed by atoms with E-state index in [2.05, 4.69) is 17.2 Å². The molecule has 1 aromatic heterocycles. The maximum Gasteiger partial charge on any atom is 0.410 e. The van der Waals surface area contributed by atoms with Gasteiger partial charge in [0.2, 0.25) is 5.91 Å². The maximum absolute atomic E-state index is 12.5. The second-order valence-electron chi connectivity index (χ2n) is 9.35. The number of carbonyl (C=O) groups is 2. The van der Waals surface area contributed by atoms with Gasteiger partial charge in [-0.25, -0.2) is 4.79 Å². The van der Waals surface area contributed by atoms with Crippen LogP contribution in [0, 0.1) is 0 Å². The molecule has 3 aromatic rings. The van der Waals surface area contributed by atoms with Gasteiger partial charge in [-0.15, -0.1) is 0 Å². The van der Waals surface area contributed by atoms with Crippen LogP contribution < -0.4 is 11.1 Å². The standard InChI is InChI=1S/C18H26N2O3.C9H8N2/c1-5-13-8-10-14(11-9-13)19-16(21)15-7-6-12-20(15)17(22)23-18(2,3)4;10-9-2-1-8-6-11-4-3-7(8)5-9/h8-11,15H,5-7,12H2,1-4H3,(H,19,21);1-6H,10H2/t15-;/m0./s1. The van der Waals surface area contributed by atoms with E-state index in [9.17, 15) is 9.59 Å². The van der Waals surface area contributed by atoms with Crippen LogP contribution in [0.3, 0.4) is 0 Å². The van der Waals surface area contributed by atoms with Gasteiger partial charge in [0.15, 0.2) is 0 Å². The van der Waals surface area contributed by atoms with Crippen LogP contribution in [0.25, 0.3) is 10.8 Å². The number of amides is 2. The summed E-state index contributed by atoms with van der Waals surface area (Å²) in [5, 5.41) is 5.16. The lowest BCUT2D eigenvalue weighted by Gasteiger charge is -2.28. The summed E-state index contributed by atoms with van der Waals surface area (Å²) in [6.45, 7) is 8.12. The molecule has 1 saturated heterocycles. The van der Waals surface area contributed by atoms with Crippen molar-refractivity contribution in [2.45, 2.75) is 58.6 Å². The molecule has 0 unspecified atom stereocenters. The first kappa shape index (κ1) is 25.0. The summed E-state index contributed by atoms with van der Waals surface area (Å²) in [5.74, 6) is -0.155. The smallest absolute Gasteiger partial charge is 0.410 e. The largest absolute Gasteiger partial charge is 0.444 e. The van der Waals surface area contributed by atoms with Crippen molar-refractivity contribution in [1.82, 2.24) is 9.88 Å². The third-order valence-corrected chi connectivity index (χ3v) is 5.48. The molecular weight excluding hydrogens is 428 g/mol. The number of fused-ring (bicyclic) bond motifs is 1. The molecule has 7 nitrogen and oxygen atoms in total. The number of hydrogen-bond donors (Lipinski definition) is 2. The summed E-state index contributed by atoms with van der Waals surface area (Å²) in [7, 11) is 0. The molecule has 34 heavy (non-hydrogen) atoms. The van der Waals surface area contributed by atoms with E-state index in [1.807, 2.05) is 75.5 Å². The second-order valence-corrected chi connectivity index (χ2v) is 9.35. The summed E-state index contributed by atoms with van der Waals surface area (Å²) < 4.78 is 5.39. The maximum atomic E-state index is 12.5. The molecule has 1 aliphatic heterocycles. The van der Waals surface area contributed by atoms with Gasteiger partial charge in [0.1, 0.15) is 11.6 Å². The van der Waals surface area contributed by atoms with Crippen LogP contribution in [-0.4, -0.2) is 40.1 Å². The van der Waals surface area contributed by atoms with Gasteiger partial charge >= 0.3 is 6.09 Å². The van der Waals surface area contributed by atoms with Crippen molar-refractivity contribution in [2.75, 3.05) is 17.6 Å². The molecule has 2 aromatic carbocycles. The van der Waals surface area contributed by atoms with Crippen molar-refractivity contribution in [2.24, 2.45) is 0 Å². The molecule has 0 bridgehead atoms. The van der Waals surface area contributed by atoms with Crippen LogP contribution in [0.4, 0.5) is 16.2 Å². The number of hydrogen-bond acceptors (Lipinski definition) is 5. The van der Waals surface area contributed by atoms with E-state index in [0.717, 1.165) is 35.0 Å². The van der Waals surface area contributed by atoms with Crippen LogP contribution in [0.2, 0.25) is 0 Å². The van der Waals surface area contributed by atoms with Crippen LogP contribution >= 0.6 is 0 Å². The first-order chi connectivity index (χ1) is 16.2. The van der Waals surface area contributed by atoms with E-state index in [1.54, 1.807) is 6.20 Å². The summed E-state index contributed by atoms with van der Waals surface area (Å²) >= 11 is 0. The lowest BCUT2D eigenvalue weighted by molar-refractivity contribution is -0.120. The fourth-order valence-electron chi connectivity index (χ4n) is 3.73. The molecule has 4 rings (SSSR count). The number of aryl methyl sites for hydroxylation is 1. The van der Waals surface area contributed by atoms with Gasteiger partial charge in [-0.3, -0.25) is 14.7 Å². The normalized spacial score (nSPS) is 15.4. The summed E-state index contributed by atoms with van der Waals surface area (Å²) in [6, 6.07) is 15.1. The monoisotopic (exact) mass is 462 g/mol. The van der Waals surface area contributed by atoms with Crippen LogP contribution in [0.15, 0.2) is 60.9 Å². The Kier molecular flexibility index (Phi) is 8.10. The van der Waals surface area contributed by atoms with Crippen molar-refractivity contribution in [3.63, 3.8) is 0 Å². The quantitative estimate of drug-likeness (QED) is 0.508. The zero-order valence-electron chi connectivity index (χ0n) is 20.4. The van der Waals surface area contributed by atoms with Gasteiger partial charge in [-0.05, 0) is 81.3 Å². The Hall–Kier alpha value is -3.61. The van der Waals surface area contributed by atoms with Gasteiger partial charge in [0, 0.05) is 35.7 Å². The zero-order valence-corrected chi connectivity index (χ0v) is 20.4. The minimum absolute atomic E-state index is 0.155. The highest BCUT2D eigenvalue weighted by Gasteiger charge is 2.36. The summed E-state index contributed by atoms with van der Waals surface area (Å²) in [5.41, 5.74) is 7.81. The predicted octanol–water partition coefficient (Wildman–Crippen LogP) is 5.40. The predicted molar refractivity (Wildman–Crippen MR) is 137 cm³/mol. The molecule has 0 radical (unpaired) electrons. The van der Waals surface area contributed by atoms with Gasteiger partial charge in [-0.1, -0.05) is 25.1 Å². The Labute approximate surface area is 201 Å². The second kappa shape index (κ2) is 11.0. The van der Waals surface area contributed by atoms with Crippen molar-refractivity contribution >= 4 is 34.1 Å². The van der Waals surface area contributed by atoms with Crippen LogP contribution in [0.1, 0.15) is 46.1 Å².